The normalized spacial score (nSPS) is 11.1. The zero-order valence-electron chi connectivity index (χ0n) is 14.8. The molecular weight excluding hydrogens is 344 g/mol. The molecule has 0 spiro atoms. The molecule has 3 nitrogen and oxygen atoms in total. The summed E-state index contributed by atoms with van der Waals surface area (Å²) in [5, 5.41) is 4.89. The van der Waals surface area contributed by atoms with Crippen molar-refractivity contribution in [2.75, 3.05) is 5.43 Å². The van der Waals surface area contributed by atoms with Gasteiger partial charge >= 0.3 is 0 Å². The fraction of sp³-hybridized carbons (Fsp3) is 0.136. The number of hydrogen-bond acceptors (Lipinski definition) is 3. The van der Waals surface area contributed by atoms with Crippen molar-refractivity contribution in [1.29, 1.82) is 0 Å². The standard InChI is InChI=1S/C22H21ClN2O/c1-16(2)18-8-12-22(13-9-18)26-21-10-6-17(7-11-21)15-24-25-20-5-3-4-19(23)14-20/h3-16,25H,1-2H3. The maximum absolute atomic E-state index is 5.94. The van der Waals surface area contributed by atoms with Crippen LogP contribution in [-0.4, -0.2) is 6.21 Å². The second-order valence-corrected chi connectivity index (χ2v) is 6.71. The summed E-state index contributed by atoms with van der Waals surface area (Å²) >= 11 is 5.94. The molecule has 26 heavy (non-hydrogen) atoms. The first-order chi connectivity index (χ1) is 12.6. The summed E-state index contributed by atoms with van der Waals surface area (Å²) in [5.74, 6) is 2.14. The van der Waals surface area contributed by atoms with Crippen LogP contribution in [0.15, 0.2) is 77.9 Å². The Balaban J connectivity index is 1.58. The van der Waals surface area contributed by atoms with Crippen molar-refractivity contribution in [3.63, 3.8) is 0 Å². The number of nitrogens with zero attached hydrogens (tertiary/aromatic N) is 1. The molecule has 0 heterocycles. The lowest BCUT2D eigenvalue weighted by atomic mass is 10.0. The maximum Gasteiger partial charge on any atom is 0.127 e. The zero-order chi connectivity index (χ0) is 18.4. The highest BCUT2D eigenvalue weighted by Gasteiger charge is 2.01. The lowest BCUT2D eigenvalue weighted by Gasteiger charge is -2.08. The average Bonchev–Trinajstić information content (AvgIpc) is 2.64. The van der Waals surface area contributed by atoms with E-state index in [4.69, 9.17) is 16.3 Å². The zero-order valence-corrected chi connectivity index (χ0v) is 15.6. The van der Waals surface area contributed by atoms with Crippen LogP contribution in [0.5, 0.6) is 11.5 Å². The topological polar surface area (TPSA) is 33.6 Å². The second kappa shape index (κ2) is 8.54. The summed E-state index contributed by atoms with van der Waals surface area (Å²) in [6, 6.07) is 23.4. The van der Waals surface area contributed by atoms with E-state index in [1.54, 1.807) is 6.21 Å². The van der Waals surface area contributed by atoms with Crippen molar-refractivity contribution in [3.05, 3.63) is 88.9 Å². The van der Waals surface area contributed by atoms with Crippen LogP contribution in [0.25, 0.3) is 0 Å². The summed E-state index contributed by atoms with van der Waals surface area (Å²) < 4.78 is 5.88. The first-order valence-corrected chi connectivity index (χ1v) is 8.90. The van der Waals surface area contributed by atoms with Crippen molar-refractivity contribution >= 4 is 23.5 Å². The van der Waals surface area contributed by atoms with Crippen LogP contribution in [-0.2, 0) is 0 Å². The number of hydrazone groups is 1. The largest absolute Gasteiger partial charge is 0.457 e. The Labute approximate surface area is 159 Å². The van der Waals surface area contributed by atoms with Gasteiger partial charge in [-0.3, -0.25) is 5.43 Å². The van der Waals surface area contributed by atoms with Gasteiger partial charge in [0.1, 0.15) is 11.5 Å². The summed E-state index contributed by atoms with van der Waals surface area (Å²) in [5.41, 5.74) is 6.08. The Morgan fingerprint density at radius 3 is 2.19 bits per heavy atom. The molecular formula is C22H21ClN2O. The molecule has 0 saturated carbocycles. The molecule has 0 radical (unpaired) electrons. The van der Waals surface area contributed by atoms with Crippen molar-refractivity contribution in [3.8, 4) is 11.5 Å². The van der Waals surface area contributed by atoms with Crippen LogP contribution in [0.2, 0.25) is 5.02 Å². The minimum absolute atomic E-state index is 0.517. The molecule has 0 aromatic heterocycles. The Bertz CT molecular complexity index is 871. The van der Waals surface area contributed by atoms with Gasteiger partial charge in [-0.25, -0.2) is 0 Å². The van der Waals surface area contributed by atoms with E-state index in [0.29, 0.717) is 10.9 Å². The molecule has 3 rings (SSSR count). The average molecular weight is 365 g/mol. The number of anilines is 1. The van der Waals surface area contributed by atoms with Crippen LogP contribution in [0.4, 0.5) is 5.69 Å². The molecule has 4 heteroatoms. The molecule has 0 amide bonds. The van der Waals surface area contributed by atoms with E-state index in [1.165, 1.54) is 5.56 Å². The molecule has 0 bridgehead atoms. The van der Waals surface area contributed by atoms with Gasteiger partial charge in [-0.05, 0) is 71.6 Å². The number of nitrogens with one attached hydrogen (secondary N) is 1. The van der Waals surface area contributed by atoms with Gasteiger partial charge in [0.15, 0.2) is 0 Å². The Morgan fingerprint density at radius 2 is 1.58 bits per heavy atom. The van der Waals surface area contributed by atoms with E-state index < -0.39 is 0 Å². The van der Waals surface area contributed by atoms with Crippen molar-refractivity contribution in [2.24, 2.45) is 5.10 Å². The van der Waals surface area contributed by atoms with Gasteiger partial charge in [0.2, 0.25) is 0 Å². The molecule has 0 aliphatic heterocycles. The molecule has 3 aromatic rings. The predicted octanol–water partition coefficient (Wildman–Crippen LogP) is 6.70. The monoisotopic (exact) mass is 364 g/mol. The van der Waals surface area contributed by atoms with Gasteiger partial charge in [0.25, 0.3) is 0 Å². The van der Waals surface area contributed by atoms with Crippen LogP contribution in [0.3, 0.4) is 0 Å². The van der Waals surface area contributed by atoms with E-state index in [-0.39, 0.29) is 0 Å². The summed E-state index contributed by atoms with van der Waals surface area (Å²) in [6.45, 7) is 4.36. The van der Waals surface area contributed by atoms with Crippen molar-refractivity contribution in [1.82, 2.24) is 0 Å². The first kappa shape index (κ1) is 18.0. The highest BCUT2D eigenvalue weighted by Crippen LogP contribution is 2.24. The fourth-order valence-corrected chi connectivity index (χ4v) is 2.61. The van der Waals surface area contributed by atoms with Gasteiger partial charge in [-0.15, -0.1) is 0 Å². The number of benzene rings is 3. The van der Waals surface area contributed by atoms with Crippen LogP contribution in [0.1, 0.15) is 30.9 Å². The molecule has 0 aliphatic rings. The molecule has 0 aliphatic carbocycles. The number of rotatable bonds is 6. The summed E-state index contributed by atoms with van der Waals surface area (Å²) in [7, 11) is 0. The van der Waals surface area contributed by atoms with Gasteiger partial charge in [0.05, 0.1) is 11.9 Å². The first-order valence-electron chi connectivity index (χ1n) is 8.53. The highest BCUT2D eigenvalue weighted by molar-refractivity contribution is 6.30. The molecule has 1 N–H and O–H groups in total. The number of ether oxygens (including phenoxy) is 1. The minimum Gasteiger partial charge on any atom is -0.457 e. The molecule has 0 fully saturated rings. The molecule has 3 aromatic carbocycles. The van der Waals surface area contributed by atoms with E-state index in [2.05, 4.69) is 36.5 Å². The van der Waals surface area contributed by atoms with Crippen molar-refractivity contribution < 1.29 is 4.74 Å². The van der Waals surface area contributed by atoms with E-state index in [0.717, 1.165) is 22.7 Å². The third-order valence-electron chi connectivity index (χ3n) is 3.89. The van der Waals surface area contributed by atoms with Gasteiger partial charge in [-0.2, -0.15) is 5.10 Å². The second-order valence-electron chi connectivity index (χ2n) is 6.28. The Morgan fingerprint density at radius 1 is 0.923 bits per heavy atom. The van der Waals surface area contributed by atoms with Gasteiger partial charge in [-0.1, -0.05) is 43.6 Å². The quantitative estimate of drug-likeness (QED) is 0.390. The summed E-state index contributed by atoms with van der Waals surface area (Å²) in [4.78, 5) is 0. The van der Waals surface area contributed by atoms with E-state index in [1.807, 2.05) is 60.7 Å². The molecule has 132 valence electrons. The number of halogens is 1. The summed E-state index contributed by atoms with van der Waals surface area (Å²) in [6.07, 6.45) is 1.75. The maximum atomic E-state index is 5.94. The fourth-order valence-electron chi connectivity index (χ4n) is 2.42. The third-order valence-corrected chi connectivity index (χ3v) is 4.13. The van der Waals surface area contributed by atoms with E-state index >= 15 is 0 Å². The molecule has 0 atom stereocenters. The highest BCUT2D eigenvalue weighted by atomic mass is 35.5. The Hall–Kier alpha value is -2.78. The SMILES string of the molecule is CC(C)c1ccc(Oc2ccc(C=NNc3cccc(Cl)c3)cc2)cc1. The van der Waals surface area contributed by atoms with E-state index in [9.17, 15) is 0 Å². The third kappa shape index (κ3) is 5.11. The van der Waals surface area contributed by atoms with Gasteiger partial charge < -0.3 is 4.74 Å². The van der Waals surface area contributed by atoms with Crippen LogP contribution in [0, 0.1) is 0 Å². The number of hydrogen-bond donors (Lipinski definition) is 1. The van der Waals surface area contributed by atoms with Gasteiger partial charge in [0, 0.05) is 5.02 Å². The van der Waals surface area contributed by atoms with Crippen LogP contribution >= 0.6 is 11.6 Å². The molecule has 0 unspecified atom stereocenters. The van der Waals surface area contributed by atoms with Crippen molar-refractivity contribution in [2.45, 2.75) is 19.8 Å². The smallest absolute Gasteiger partial charge is 0.127 e. The van der Waals surface area contributed by atoms with Crippen LogP contribution < -0.4 is 10.2 Å². The lowest BCUT2D eigenvalue weighted by Crippen LogP contribution is -1.91. The Kier molecular flexibility index (Phi) is 5.92. The minimum atomic E-state index is 0.517. The predicted molar refractivity (Wildman–Crippen MR) is 110 cm³/mol. The molecule has 0 saturated heterocycles. The lowest BCUT2D eigenvalue weighted by molar-refractivity contribution is 0.482.